The highest BCUT2D eigenvalue weighted by molar-refractivity contribution is 7.90. The van der Waals surface area contributed by atoms with Crippen molar-refractivity contribution in [3.8, 4) is 0 Å². The Morgan fingerprint density at radius 3 is 3.00 bits per heavy atom. The number of hydrogen-bond acceptors (Lipinski definition) is 5. The molecular formula is C17H24N4O2S. The molecule has 1 atom stereocenters. The summed E-state index contributed by atoms with van der Waals surface area (Å²) in [6.07, 6.45) is 7.45. The Hall–Kier alpha value is -1.73. The fourth-order valence-corrected chi connectivity index (χ4v) is 4.23. The van der Waals surface area contributed by atoms with E-state index in [0.717, 1.165) is 50.3 Å². The van der Waals surface area contributed by atoms with E-state index in [9.17, 15) is 8.42 Å². The first kappa shape index (κ1) is 17.1. The number of pyridine rings is 1. The normalized spacial score (nSPS) is 19.5. The van der Waals surface area contributed by atoms with Gasteiger partial charge < -0.3 is 0 Å². The van der Waals surface area contributed by atoms with Gasteiger partial charge in [-0.05, 0) is 50.3 Å². The number of hydrogen-bond donors (Lipinski definition) is 1. The molecule has 2 aromatic heterocycles. The molecule has 6 nitrogen and oxygen atoms in total. The number of aryl methyl sites for hydroxylation is 1. The number of likely N-dealkylation sites (tertiary alicyclic amines) is 1. The third kappa shape index (κ3) is 4.02. The van der Waals surface area contributed by atoms with Crippen molar-refractivity contribution in [1.29, 1.82) is 0 Å². The number of aromatic amines is 1. The van der Waals surface area contributed by atoms with E-state index < -0.39 is 9.84 Å². The van der Waals surface area contributed by atoms with Crippen LogP contribution in [0.5, 0.6) is 0 Å². The first-order valence-electron chi connectivity index (χ1n) is 8.28. The Morgan fingerprint density at radius 1 is 1.42 bits per heavy atom. The molecule has 3 heterocycles. The predicted molar refractivity (Wildman–Crippen MR) is 92.4 cm³/mol. The summed E-state index contributed by atoms with van der Waals surface area (Å²) in [5.41, 5.74) is 3.07. The van der Waals surface area contributed by atoms with Crippen LogP contribution in [0.2, 0.25) is 0 Å². The highest BCUT2D eigenvalue weighted by Crippen LogP contribution is 2.24. The van der Waals surface area contributed by atoms with Gasteiger partial charge in [0.2, 0.25) is 0 Å². The maximum absolute atomic E-state index is 11.8. The lowest BCUT2D eigenvalue weighted by Crippen LogP contribution is -2.36. The van der Waals surface area contributed by atoms with Gasteiger partial charge in [0.25, 0.3) is 0 Å². The van der Waals surface area contributed by atoms with E-state index in [-0.39, 0.29) is 0 Å². The standard InChI is InChI=1S/C17H24N4O2S/c1-13-5-3-7-18-16(13)12-21-8-4-6-14(11-21)9-15-17(10-19-20-15)24(2,22)23/h3,5,7,10,14H,4,6,8-9,11-12H2,1-2H3,(H,19,20)/t14-/m1/s1. The molecule has 3 rings (SSSR count). The Balaban J connectivity index is 1.66. The van der Waals surface area contributed by atoms with E-state index >= 15 is 0 Å². The first-order valence-corrected chi connectivity index (χ1v) is 10.2. The molecule has 130 valence electrons. The van der Waals surface area contributed by atoms with Crippen molar-refractivity contribution >= 4 is 9.84 Å². The van der Waals surface area contributed by atoms with Gasteiger partial charge in [-0.3, -0.25) is 15.0 Å². The summed E-state index contributed by atoms with van der Waals surface area (Å²) in [6.45, 7) is 4.96. The molecule has 0 bridgehead atoms. The lowest BCUT2D eigenvalue weighted by molar-refractivity contribution is 0.164. The van der Waals surface area contributed by atoms with Crippen LogP contribution in [-0.2, 0) is 22.8 Å². The summed E-state index contributed by atoms with van der Waals surface area (Å²) in [7, 11) is -3.23. The molecule has 0 aromatic carbocycles. The number of sulfone groups is 1. The number of rotatable bonds is 5. The maximum atomic E-state index is 11.8. The van der Waals surface area contributed by atoms with Gasteiger partial charge in [0.15, 0.2) is 9.84 Å². The molecule has 7 heteroatoms. The second-order valence-electron chi connectivity index (χ2n) is 6.70. The van der Waals surface area contributed by atoms with Crippen LogP contribution in [0, 0.1) is 12.8 Å². The molecule has 1 aliphatic heterocycles. The molecule has 0 aliphatic carbocycles. The average molecular weight is 348 g/mol. The van der Waals surface area contributed by atoms with Crippen molar-refractivity contribution in [1.82, 2.24) is 20.1 Å². The lowest BCUT2D eigenvalue weighted by Gasteiger charge is -2.32. The zero-order valence-electron chi connectivity index (χ0n) is 14.2. The summed E-state index contributed by atoms with van der Waals surface area (Å²) < 4.78 is 23.6. The molecule has 1 N–H and O–H groups in total. The van der Waals surface area contributed by atoms with Crippen molar-refractivity contribution in [2.24, 2.45) is 5.92 Å². The van der Waals surface area contributed by atoms with E-state index in [1.54, 1.807) is 0 Å². The largest absolute Gasteiger partial charge is 0.297 e. The summed E-state index contributed by atoms with van der Waals surface area (Å²) in [4.78, 5) is 7.23. The van der Waals surface area contributed by atoms with Crippen LogP contribution in [0.1, 0.15) is 29.8 Å². The number of piperidine rings is 1. The van der Waals surface area contributed by atoms with Crippen molar-refractivity contribution in [2.75, 3.05) is 19.3 Å². The van der Waals surface area contributed by atoms with Crippen LogP contribution in [0.3, 0.4) is 0 Å². The topological polar surface area (TPSA) is 79.0 Å². The number of nitrogens with one attached hydrogen (secondary N) is 1. The maximum Gasteiger partial charge on any atom is 0.178 e. The average Bonchev–Trinajstić information content (AvgIpc) is 2.98. The molecule has 1 aliphatic rings. The van der Waals surface area contributed by atoms with E-state index in [1.807, 2.05) is 12.3 Å². The molecule has 0 radical (unpaired) electrons. The van der Waals surface area contributed by atoms with Gasteiger partial charge in [-0.25, -0.2) is 8.42 Å². The quantitative estimate of drug-likeness (QED) is 0.894. The minimum Gasteiger partial charge on any atom is -0.297 e. The second-order valence-corrected chi connectivity index (χ2v) is 8.68. The Bertz CT molecular complexity index is 800. The number of nitrogens with zero attached hydrogens (tertiary/aromatic N) is 3. The van der Waals surface area contributed by atoms with E-state index in [1.165, 1.54) is 18.0 Å². The third-order valence-corrected chi connectivity index (χ3v) is 5.82. The monoisotopic (exact) mass is 348 g/mol. The van der Waals surface area contributed by atoms with Crippen LogP contribution in [-0.4, -0.2) is 47.8 Å². The van der Waals surface area contributed by atoms with E-state index in [2.05, 4.69) is 33.1 Å². The van der Waals surface area contributed by atoms with Gasteiger partial charge in [-0.15, -0.1) is 0 Å². The molecule has 1 saturated heterocycles. The fraction of sp³-hybridized carbons (Fsp3) is 0.529. The minimum absolute atomic E-state index is 0.334. The van der Waals surface area contributed by atoms with Crippen molar-refractivity contribution in [3.05, 3.63) is 41.5 Å². The molecule has 1 fully saturated rings. The molecule has 0 unspecified atom stereocenters. The van der Waals surface area contributed by atoms with Crippen molar-refractivity contribution in [3.63, 3.8) is 0 Å². The van der Waals surface area contributed by atoms with Crippen LogP contribution in [0.25, 0.3) is 0 Å². The second kappa shape index (κ2) is 7.03. The highest BCUT2D eigenvalue weighted by Gasteiger charge is 2.24. The molecular weight excluding hydrogens is 324 g/mol. The summed E-state index contributed by atoms with van der Waals surface area (Å²) >= 11 is 0. The number of H-pyrrole nitrogens is 1. The van der Waals surface area contributed by atoms with Crippen molar-refractivity contribution in [2.45, 2.75) is 37.6 Å². The first-order chi connectivity index (χ1) is 11.4. The number of aromatic nitrogens is 3. The van der Waals surface area contributed by atoms with Gasteiger partial charge in [-0.2, -0.15) is 5.10 Å². The zero-order valence-corrected chi connectivity index (χ0v) is 15.0. The summed E-state index contributed by atoms with van der Waals surface area (Å²) in [5.74, 6) is 0.434. The SMILES string of the molecule is Cc1cccnc1CN1CCC[C@H](Cc2[nH]ncc2S(C)(=O)=O)C1. The molecule has 0 spiro atoms. The predicted octanol–water partition coefficient (Wildman–Crippen LogP) is 1.97. The fourth-order valence-electron chi connectivity index (χ4n) is 3.41. The lowest BCUT2D eigenvalue weighted by atomic mass is 9.93. The Morgan fingerprint density at radius 2 is 2.25 bits per heavy atom. The minimum atomic E-state index is -3.23. The van der Waals surface area contributed by atoms with Crippen LogP contribution < -0.4 is 0 Å². The highest BCUT2D eigenvalue weighted by atomic mass is 32.2. The van der Waals surface area contributed by atoms with Crippen LogP contribution in [0.4, 0.5) is 0 Å². The molecule has 0 amide bonds. The molecule has 24 heavy (non-hydrogen) atoms. The smallest absolute Gasteiger partial charge is 0.178 e. The summed E-state index contributed by atoms with van der Waals surface area (Å²) in [5, 5.41) is 6.80. The van der Waals surface area contributed by atoms with Crippen molar-refractivity contribution < 1.29 is 8.42 Å². The molecule has 2 aromatic rings. The van der Waals surface area contributed by atoms with Gasteiger partial charge in [-0.1, -0.05) is 6.07 Å². The van der Waals surface area contributed by atoms with Gasteiger partial charge in [0, 0.05) is 25.5 Å². The van der Waals surface area contributed by atoms with Gasteiger partial charge in [0.1, 0.15) is 4.90 Å². The van der Waals surface area contributed by atoms with Gasteiger partial charge >= 0.3 is 0 Å². The van der Waals surface area contributed by atoms with E-state index in [4.69, 9.17) is 0 Å². The zero-order chi connectivity index (χ0) is 17.2. The van der Waals surface area contributed by atoms with Gasteiger partial charge in [0.05, 0.1) is 17.6 Å². The third-order valence-electron chi connectivity index (χ3n) is 4.67. The Kier molecular flexibility index (Phi) is 5.01. The molecule has 0 saturated carbocycles. The van der Waals surface area contributed by atoms with Crippen LogP contribution in [0.15, 0.2) is 29.4 Å². The summed E-state index contributed by atoms with van der Waals surface area (Å²) in [6, 6.07) is 4.05. The Labute approximate surface area is 143 Å². The van der Waals surface area contributed by atoms with Crippen LogP contribution >= 0.6 is 0 Å². The van der Waals surface area contributed by atoms with E-state index in [0.29, 0.717) is 10.8 Å².